The fourth-order valence-electron chi connectivity index (χ4n) is 2.01. The number of carboxylic acids is 1. The summed E-state index contributed by atoms with van der Waals surface area (Å²) in [7, 11) is 0. The smallest absolute Gasteiger partial charge is 0.315 e. The molecule has 1 unspecified atom stereocenters. The summed E-state index contributed by atoms with van der Waals surface area (Å²) < 4.78 is 0. The first-order valence-electron chi connectivity index (χ1n) is 5.86. The second-order valence-electron chi connectivity index (χ2n) is 4.45. The first kappa shape index (κ1) is 12.8. The Hall–Kier alpha value is -1.26. The van der Waals surface area contributed by atoms with Crippen molar-refractivity contribution in [3.8, 4) is 0 Å². The summed E-state index contributed by atoms with van der Waals surface area (Å²) in [6.45, 7) is 1.69. The predicted octanol–water partition coefficient (Wildman–Crippen LogP) is 1.48. The quantitative estimate of drug-likeness (QED) is 0.682. The Balaban J connectivity index is 2.21. The zero-order valence-electron chi connectivity index (χ0n) is 9.66. The van der Waals surface area contributed by atoms with Crippen molar-refractivity contribution < 1.29 is 14.7 Å². The van der Waals surface area contributed by atoms with Crippen LogP contribution in [-0.2, 0) is 4.79 Å². The summed E-state index contributed by atoms with van der Waals surface area (Å²) in [6, 6.07) is -0.326. The number of carbonyl (C=O) groups is 2. The van der Waals surface area contributed by atoms with Gasteiger partial charge in [0.1, 0.15) is 0 Å². The number of aliphatic carboxylic acids is 1. The van der Waals surface area contributed by atoms with E-state index in [-0.39, 0.29) is 24.5 Å². The average Bonchev–Trinajstić information content (AvgIpc) is 2.17. The lowest BCUT2D eigenvalue weighted by atomic mass is 9.96. The lowest BCUT2D eigenvalue weighted by Gasteiger charge is -2.23. The van der Waals surface area contributed by atoms with Crippen LogP contribution >= 0.6 is 0 Å². The zero-order valence-corrected chi connectivity index (χ0v) is 9.66. The Morgan fingerprint density at radius 1 is 1.31 bits per heavy atom. The van der Waals surface area contributed by atoms with E-state index < -0.39 is 5.97 Å². The molecule has 0 aromatic rings. The van der Waals surface area contributed by atoms with Crippen molar-refractivity contribution >= 4 is 12.0 Å². The van der Waals surface area contributed by atoms with Gasteiger partial charge >= 0.3 is 12.0 Å². The molecule has 0 radical (unpaired) electrons. The molecule has 0 bridgehead atoms. The van der Waals surface area contributed by atoms with E-state index in [0.29, 0.717) is 0 Å². The van der Waals surface area contributed by atoms with E-state index >= 15 is 0 Å². The number of urea groups is 1. The maximum absolute atomic E-state index is 11.5. The molecular formula is C11H20N2O3. The van der Waals surface area contributed by atoms with Gasteiger partial charge in [-0.15, -0.1) is 0 Å². The molecule has 1 atom stereocenters. The van der Waals surface area contributed by atoms with E-state index in [1.165, 1.54) is 6.42 Å². The predicted molar refractivity (Wildman–Crippen MR) is 60.3 cm³/mol. The molecule has 1 aliphatic rings. The normalized spacial score (nSPS) is 18.8. The highest BCUT2D eigenvalue weighted by atomic mass is 16.4. The number of carboxylic acid groups (broad SMARTS) is 1. The van der Waals surface area contributed by atoms with E-state index in [1.54, 1.807) is 6.92 Å². The third-order valence-corrected chi connectivity index (χ3v) is 2.80. The van der Waals surface area contributed by atoms with E-state index in [9.17, 15) is 9.59 Å². The van der Waals surface area contributed by atoms with Crippen LogP contribution in [0, 0.1) is 0 Å². The molecule has 1 aliphatic carbocycles. The molecule has 1 rings (SSSR count). The first-order valence-corrected chi connectivity index (χ1v) is 5.86. The summed E-state index contributed by atoms with van der Waals surface area (Å²) >= 11 is 0. The van der Waals surface area contributed by atoms with Gasteiger partial charge in [-0.05, 0) is 19.8 Å². The van der Waals surface area contributed by atoms with Crippen molar-refractivity contribution in [2.75, 3.05) is 0 Å². The summed E-state index contributed by atoms with van der Waals surface area (Å²) in [5, 5.41) is 14.1. The van der Waals surface area contributed by atoms with Crippen molar-refractivity contribution in [3.05, 3.63) is 0 Å². The molecule has 0 aromatic heterocycles. The minimum Gasteiger partial charge on any atom is -0.481 e. The standard InChI is InChI=1S/C11H20N2O3/c1-8(7-10(14)15)12-11(16)13-9-5-3-2-4-6-9/h8-9H,2-7H2,1H3,(H,14,15)(H2,12,13,16). The number of amides is 2. The Morgan fingerprint density at radius 2 is 1.94 bits per heavy atom. The van der Waals surface area contributed by atoms with Crippen LogP contribution in [0.25, 0.3) is 0 Å². The Kier molecular flexibility index (Phi) is 5.08. The van der Waals surface area contributed by atoms with Gasteiger partial charge in [0.25, 0.3) is 0 Å². The van der Waals surface area contributed by atoms with Gasteiger partial charge in [-0.1, -0.05) is 19.3 Å². The van der Waals surface area contributed by atoms with Gasteiger partial charge in [-0.2, -0.15) is 0 Å². The summed E-state index contributed by atoms with van der Waals surface area (Å²) in [5.74, 6) is -0.898. The van der Waals surface area contributed by atoms with Crippen molar-refractivity contribution in [2.45, 2.75) is 57.5 Å². The summed E-state index contributed by atoms with van der Waals surface area (Å²) in [5.41, 5.74) is 0. The van der Waals surface area contributed by atoms with E-state index in [2.05, 4.69) is 10.6 Å². The van der Waals surface area contributed by atoms with Gasteiger partial charge in [-0.3, -0.25) is 4.79 Å². The van der Waals surface area contributed by atoms with Crippen LogP contribution in [-0.4, -0.2) is 29.2 Å². The molecule has 1 fully saturated rings. The maximum Gasteiger partial charge on any atom is 0.315 e. The molecule has 92 valence electrons. The van der Waals surface area contributed by atoms with Crippen LogP contribution in [0.1, 0.15) is 45.4 Å². The molecular weight excluding hydrogens is 208 g/mol. The molecule has 5 nitrogen and oxygen atoms in total. The Labute approximate surface area is 95.6 Å². The van der Waals surface area contributed by atoms with Crippen LogP contribution < -0.4 is 10.6 Å². The maximum atomic E-state index is 11.5. The lowest BCUT2D eigenvalue weighted by Crippen LogP contribution is -2.46. The molecule has 0 saturated heterocycles. The van der Waals surface area contributed by atoms with Crippen LogP contribution in [0.15, 0.2) is 0 Å². The molecule has 3 N–H and O–H groups in total. The number of hydrogen-bond acceptors (Lipinski definition) is 2. The Bertz CT molecular complexity index is 250. The van der Waals surface area contributed by atoms with E-state index in [0.717, 1.165) is 25.7 Å². The summed E-state index contributed by atoms with van der Waals surface area (Å²) in [6.07, 6.45) is 5.58. The average molecular weight is 228 g/mol. The van der Waals surface area contributed by atoms with Gasteiger partial charge in [0.15, 0.2) is 0 Å². The monoisotopic (exact) mass is 228 g/mol. The highest BCUT2D eigenvalue weighted by molar-refractivity contribution is 5.75. The minimum atomic E-state index is -0.898. The summed E-state index contributed by atoms with van der Waals surface area (Å²) in [4.78, 5) is 21.9. The van der Waals surface area contributed by atoms with Gasteiger partial charge in [0.2, 0.25) is 0 Å². The third kappa shape index (κ3) is 5.00. The van der Waals surface area contributed by atoms with Crippen molar-refractivity contribution in [1.82, 2.24) is 10.6 Å². The van der Waals surface area contributed by atoms with Crippen LogP contribution in [0.3, 0.4) is 0 Å². The van der Waals surface area contributed by atoms with Crippen LogP contribution in [0.4, 0.5) is 4.79 Å². The minimum absolute atomic E-state index is 0.0436. The molecule has 1 saturated carbocycles. The molecule has 0 heterocycles. The lowest BCUT2D eigenvalue weighted by molar-refractivity contribution is -0.137. The van der Waals surface area contributed by atoms with Crippen LogP contribution in [0.2, 0.25) is 0 Å². The van der Waals surface area contributed by atoms with Crippen molar-refractivity contribution in [3.63, 3.8) is 0 Å². The van der Waals surface area contributed by atoms with Crippen molar-refractivity contribution in [2.24, 2.45) is 0 Å². The highest BCUT2D eigenvalue weighted by Gasteiger charge is 2.17. The topological polar surface area (TPSA) is 78.4 Å². The fraction of sp³-hybridized carbons (Fsp3) is 0.818. The van der Waals surface area contributed by atoms with Crippen molar-refractivity contribution in [1.29, 1.82) is 0 Å². The van der Waals surface area contributed by atoms with Gasteiger partial charge in [0, 0.05) is 12.1 Å². The second-order valence-corrected chi connectivity index (χ2v) is 4.45. The zero-order chi connectivity index (χ0) is 12.0. The second kappa shape index (κ2) is 6.35. The number of hydrogen-bond donors (Lipinski definition) is 3. The SMILES string of the molecule is CC(CC(=O)O)NC(=O)NC1CCCCC1. The number of rotatable bonds is 4. The van der Waals surface area contributed by atoms with Crippen LogP contribution in [0.5, 0.6) is 0 Å². The largest absolute Gasteiger partial charge is 0.481 e. The Morgan fingerprint density at radius 3 is 2.50 bits per heavy atom. The van der Waals surface area contributed by atoms with E-state index in [1.807, 2.05) is 0 Å². The molecule has 0 spiro atoms. The molecule has 0 aromatic carbocycles. The first-order chi connectivity index (χ1) is 7.58. The fourth-order valence-corrected chi connectivity index (χ4v) is 2.01. The van der Waals surface area contributed by atoms with Gasteiger partial charge in [-0.25, -0.2) is 4.79 Å². The van der Waals surface area contributed by atoms with Gasteiger partial charge in [0.05, 0.1) is 6.42 Å². The number of carbonyl (C=O) groups excluding carboxylic acids is 1. The number of nitrogens with one attached hydrogen (secondary N) is 2. The molecule has 2 amide bonds. The van der Waals surface area contributed by atoms with Gasteiger partial charge < -0.3 is 15.7 Å². The third-order valence-electron chi connectivity index (χ3n) is 2.80. The van der Waals surface area contributed by atoms with E-state index in [4.69, 9.17) is 5.11 Å². The molecule has 16 heavy (non-hydrogen) atoms. The molecule has 5 heteroatoms. The molecule has 0 aliphatic heterocycles. The highest BCUT2D eigenvalue weighted by Crippen LogP contribution is 2.17.